The second-order valence-corrected chi connectivity index (χ2v) is 6.73. The number of ether oxygens (including phenoxy) is 1. The summed E-state index contributed by atoms with van der Waals surface area (Å²) in [7, 11) is 0. The molecule has 0 unspecified atom stereocenters. The van der Waals surface area contributed by atoms with Gasteiger partial charge in [-0.05, 0) is 31.2 Å². The Morgan fingerprint density at radius 2 is 2.00 bits per heavy atom. The monoisotopic (exact) mass is 340 g/mol. The Kier molecular flexibility index (Phi) is 5.46. The zero-order chi connectivity index (χ0) is 17.1. The molecule has 0 N–H and O–H groups in total. The van der Waals surface area contributed by atoms with Gasteiger partial charge in [0.15, 0.2) is 6.10 Å². The Hall–Kier alpha value is -1.82. The van der Waals surface area contributed by atoms with Gasteiger partial charge in [0.1, 0.15) is 5.75 Å². The number of nitrogens with zero attached hydrogens (tertiary/aromatic N) is 2. The SMILES string of the molecule is C[C@@H]1C[C@@H](C)CN(C(=O)[C@@H](C)Oc2ccc([N+](=O)[O-])cc2Cl)C1. The molecule has 1 aromatic carbocycles. The Bertz CT molecular complexity index is 598. The lowest BCUT2D eigenvalue weighted by molar-refractivity contribution is -0.384. The van der Waals surface area contributed by atoms with Gasteiger partial charge in [0.2, 0.25) is 0 Å². The highest BCUT2D eigenvalue weighted by Gasteiger charge is 2.29. The summed E-state index contributed by atoms with van der Waals surface area (Å²) in [5.74, 6) is 1.13. The van der Waals surface area contributed by atoms with Crippen molar-refractivity contribution in [2.75, 3.05) is 13.1 Å². The summed E-state index contributed by atoms with van der Waals surface area (Å²) >= 11 is 6.00. The first kappa shape index (κ1) is 17.5. The molecule has 126 valence electrons. The third kappa shape index (κ3) is 4.34. The summed E-state index contributed by atoms with van der Waals surface area (Å²) in [5, 5.41) is 10.8. The van der Waals surface area contributed by atoms with Gasteiger partial charge in [-0.25, -0.2) is 0 Å². The first-order chi connectivity index (χ1) is 10.8. The van der Waals surface area contributed by atoms with Crippen LogP contribution in [0.3, 0.4) is 0 Å². The fraction of sp³-hybridized carbons (Fsp3) is 0.562. The van der Waals surface area contributed by atoms with Crippen molar-refractivity contribution in [3.63, 3.8) is 0 Å². The van der Waals surface area contributed by atoms with E-state index in [0.717, 1.165) is 19.5 Å². The van der Waals surface area contributed by atoms with Crippen LogP contribution in [0, 0.1) is 22.0 Å². The van der Waals surface area contributed by atoms with Gasteiger partial charge >= 0.3 is 0 Å². The molecule has 0 saturated carbocycles. The van der Waals surface area contributed by atoms with Crippen molar-refractivity contribution in [3.8, 4) is 5.75 Å². The number of hydrogen-bond acceptors (Lipinski definition) is 4. The second kappa shape index (κ2) is 7.17. The Balaban J connectivity index is 2.05. The van der Waals surface area contributed by atoms with Crippen LogP contribution < -0.4 is 4.74 Å². The summed E-state index contributed by atoms with van der Waals surface area (Å²) in [6.07, 6.45) is 0.430. The van der Waals surface area contributed by atoms with E-state index in [1.165, 1.54) is 18.2 Å². The Morgan fingerprint density at radius 1 is 1.39 bits per heavy atom. The number of piperidine rings is 1. The molecule has 23 heavy (non-hydrogen) atoms. The second-order valence-electron chi connectivity index (χ2n) is 6.32. The van der Waals surface area contributed by atoms with Gasteiger partial charge < -0.3 is 9.64 Å². The van der Waals surface area contributed by atoms with Gasteiger partial charge in [-0.2, -0.15) is 0 Å². The third-order valence-electron chi connectivity index (χ3n) is 3.96. The van der Waals surface area contributed by atoms with Crippen LogP contribution in [0.15, 0.2) is 18.2 Å². The van der Waals surface area contributed by atoms with E-state index in [-0.39, 0.29) is 22.4 Å². The molecule has 3 atom stereocenters. The van der Waals surface area contributed by atoms with E-state index in [9.17, 15) is 14.9 Å². The quantitative estimate of drug-likeness (QED) is 0.621. The van der Waals surface area contributed by atoms with Crippen molar-refractivity contribution in [1.82, 2.24) is 4.90 Å². The van der Waals surface area contributed by atoms with Crippen molar-refractivity contribution in [3.05, 3.63) is 33.3 Å². The van der Waals surface area contributed by atoms with E-state index in [2.05, 4.69) is 13.8 Å². The number of carbonyl (C=O) groups excluding carboxylic acids is 1. The standard InChI is InChI=1S/C16H21ClN2O4/c1-10-6-11(2)9-18(8-10)16(20)12(3)23-15-5-4-13(19(21)22)7-14(15)17/h4-5,7,10-12H,6,8-9H2,1-3H3/t10-,11-,12-/m1/s1. The van der Waals surface area contributed by atoms with Crippen LogP contribution >= 0.6 is 11.6 Å². The molecule has 1 fully saturated rings. The first-order valence-electron chi connectivity index (χ1n) is 7.67. The molecule has 2 rings (SSSR count). The molecule has 1 heterocycles. The zero-order valence-electron chi connectivity index (χ0n) is 13.5. The highest BCUT2D eigenvalue weighted by atomic mass is 35.5. The van der Waals surface area contributed by atoms with Crippen molar-refractivity contribution in [1.29, 1.82) is 0 Å². The predicted molar refractivity (Wildman–Crippen MR) is 87.7 cm³/mol. The van der Waals surface area contributed by atoms with Crippen LogP contribution in [-0.2, 0) is 4.79 Å². The van der Waals surface area contributed by atoms with Gasteiger partial charge in [-0.3, -0.25) is 14.9 Å². The lowest BCUT2D eigenvalue weighted by atomic mass is 9.91. The maximum Gasteiger partial charge on any atom is 0.271 e. The maximum atomic E-state index is 12.5. The van der Waals surface area contributed by atoms with Crippen molar-refractivity contribution < 1.29 is 14.5 Å². The molecule has 1 aromatic rings. The highest BCUT2D eigenvalue weighted by molar-refractivity contribution is 6.32. The summed E-state index contributed by atoms with van der Waals surface area (Å²) in [6, 6.07) is 3.95. The fourth-order valence-corrected chi connectivity index (χ4v) is 3.26. The maximum absolute atomic E-state index is 12.5. The molecule has 0 radical (unpaired) electrons. The number of likely N-dealkylation sites (tertiary alicyclic amines) is 1. The van der Waals surface area contributed by atoms with Gasteiger partial charge in [-0.15, -0.1) is 0 Å². The molecule has 6 nitrogen and oxygen atoms in total. The van der Waals surface area contributed by atoms with E-state index in [0.29, 0.717) is 11.8 Å². The van der Waals surface area contributed by atoms with Crippen molar-refractivity contribution >= 4 is 23.2 Å². The van der Waals surface area contributed by atoms with E-state index in [1.54, 1.807) is 6.92 Å². The number of nitro benzene ring substituents is 1. The van der Waals surface area contributed by atoms with Crippen molar-refractivity contribution in [2.24, 2.45) is 11.8 Å². The molecule has 0 aliphatic carbocycles. The zero-order valence-corrected chi connectivity index (χ0v) is 14.2. The molecule has 0 aromatic heterocycles. The number of amides is 1. The molecular weight excluding hydrogens is 320 g/mol. The van der Waals surface area contributed by atoms with Crippen LogP contribution in [0.25, 0.3) is 0 Å². The molecule has 1 amide bonds. The third-order valence-corrected chi connectivity index (χ3v) is 4.25. The fourth-order valence-electron chi connectivity index (χ4n) is 3.04. The number of carbonyl (C=O) groups is 1. The predicted octanol–water partition coefficient (Wildman–Crippen LogP) is 3.52. The van der Waals surface area contributed by atoms with Crippen molar-refractivity contribution in [2.45, 2.75) is 33.3 Å². The molecule has 1 saturated heterocycles. The molecule has 7 heteroatoms. The van der Waals surface area contributed by atoms with E-state index in [4.69, 9.17) is 16.3 Å². The molecule has 0 bridgehead atoms. The minimum atomic E-state index is -0.688. The lowest BCUT2D eigenvalue weighted by Gasteiger charge is -2.36. The average Bonchev–Trinajstić information content (AvgIpc) is 2.47. The van der Waals surface area contributed by atoms with Crippen LogP contribution in [-0.4, -0.2) is 34.9 Å². The number of benzene rings is 1. The highest BCUT2D eigenvalue weighted by Crippen LogP contribution is 2.30. The number of nitro groups is 1. The van der Waals surface area contributed by atoms with Gasteiger partial charge in [-0.1, -0.05) is 25.4 Å². The van der Waals surface area contributed by atoms with Gasteiger partial charge in [0.25, 0.3) is 11.6 Å². The summed E-state index contributed by atoms with van der Waals surface area (Å²) < 4.78 is 5.62. The number of halogens is 1. The molecule has 0 spiro atoms. The van der Waals surface area contributed by atoms with Crippen LogP contribution in [0.4, 0.5) is 5.69 Å². The minimum Gasteiger partial charge on any atom is -0.479 e. The molecule has 1 aliphatic heterocycles. The van der Waals surface area contributed by atoms with Crippen LogP contribution in [0.1, 0.15) is 27.2 Å². The summed E-state index contributed by atoms with van der Waals surface area (Å²) in [5.41, 5.74) is -0.111. The smallest absolute Gasteiger partial charge is 0.271 e. The normalized spacial score (nSPS) is 22.5. The lowest BCUT2D eigenvalue weighted by Crippen LogP contribution is -2.47. The van der Waals surface area contributed by atoms with E-state index >= 15 is 0 Å². The summed E-state index contributed by atoms with van der Waals surface area (Å²) in [6.45, 7) is 7.39. The molecule has 1 aliphatic rings. The summed E-state index contributed by atoms with van der Waals surface area (Å²) in [4.78, 5) is 24.5. The minimum absolute atomic E-state index is 0.0854. The number of hydrogen-bond donors (Lipinski definition) is 0. The topological polar surface area (TPSA) is 72.7 Å². The van der Waals surface area contributed by atoms with Crippen LogP contribution in [0.5, 0.6) is 5.75 Å². The Labute approximate surface area is 140 Å². The largest absolute Gasteiger partial charge is 0.479 e. The Morgan fingerprint density at radius 3 is 2.52 bits per heavy atom. The average molecular weight is 341 g/mol. The molecular formula is C16H21ClN2O4. The van der Waals surface area contributed by atoms with E-state index in [1.807, 2.05) is 4.90 Å². The van der Waals surface area contributed by atoms with Gasteiger partial charge in [0, 0.05) is 25.2 Å². The van der Waals surface area contributed by atoms with E-state index < -0.39 is 11.0 Å². The first-order valence-corrected chi connectivity index (χ1v) is 8.05. The number of rotatable bonds is 4. The van der Waals surface area contributed by atoms with Crippen LogP contribution in [0.2, 0.25) is 5.02 Å². The number of non-ortho nitro benzene ring substituents is 1. The van der Waals surface area contributed by atoms with Gasteiger partial charge in [0.05, 0.1) is 9.95 Å².